The molecular weight excluding hydrogens is 314 g/mol. The number of urea groups is 1. The highest BCUT2D eigenvalue weighted by Gasteiger charge is 2.30. The van der Waals surface area contributed by atoms with Crippen molar-refractivity contribution in [2.75, 3.05) is 13.1 Å². The molecule has 4 amide bonds. The molecule has 2 heterocycles. The number of nitrogens with one attached hydrogen (secondary N) is 2. The minimum atomic E-state index is -0.374. The van der Waals surface area contributed by atoms with Crippen molar-refractivity contribution in [3.63, 3.8) is 0 Å². The SMILES string of the molecule is CC(C)(C)C(NC(=O)CCCN1C(=O)CNC1=O)c1cccs1. The molecule has 2 N–H and O–H groups in total. The van der Waals surface area contributed by atoms with Gasteiger partial charge in [-0.2, -0.15) is 0 Å². The van der Waals surface area contributed by atoms with E-state index in [0.29, 0.717) is 6.42 Å². The van der Waals surface area contributed by atoms with Crippen LogP contribution in [-0.2, 0) is 9.59 Å². The summed E-state index contributed by atoms with van der Waals surface area (Å²) in [6.45, 7) is 6.59. The van der Waals surface area contributed by atoms with Gasteiger partial charge in [0.2, 0.25) is 11.8 Å². The highest BCUT2D eigenvalue weighted by atomic mass is 32.1. The smallest absolute Gasteiger partial charge is 0.324 e. The lowest BCUT2D eigenvalue weighted by molar-refractivity contribution is -0.126. The third-order valence-corrected chi connectivity index (χ3v) is 4.66. The number of carbonyl (C=O) groups excluding carboxylic acids is 3. The van der Waals surface area contributed by atoms with E-state index in [-0.39, 0.29) is 48.8 Å². The van der Waals surface area contributed by atoms with Gasteiger partial charge in [0.25, 0.3) is 0 Å². The Hall–Kier alpha value is -1.89. The molecule has 6 nitrogen and oxygen atoms in total. The number of thiophene rings is 1. The van der Waals surface area contributed by atoms with Gasteiger partial charge in [-0.15, -0.1) is 11.3 Å². The van der Waals surface area contributed by atoms with Crippen molar-refractivity contribution in [3.8, 4) is 0 Å². The minimum absolute atomic E-state index is 0.0493. The summed E-state index contributed by atoms with van der Waals surface area (Å²) >= 11 is 1.62. The molecule has 0 radical (unpaired) electrons. The van der Waals surface area contributed by atoms with Gasteiger partial charge in [-0.1, -0.05) is 26.8 Å². The average molecular weight is 337 g/mol. The number of carbonyl (C=O) groups is 3. The monoisotopic (exact) mass is 337 g/mol. The predicted octanol–water partition coefficient (Wildman–Crippen LogP) is 2.28. The lowest BCUT2D eigenvalue weighted by atomic mass is 9.85. The van der Waals surface area contributed by atoms with Crippen molar-refractivity contribution in [1.29, 1.82) is 0 Å². The van der Waals surface area contributed by atoms with Crippen LogP contribution in [0.1, 0.15) is 44.5 Å². The Bertz CT molecular complexity index is 562. The molecule has 1 aliphatic rings. The maximum Gasteiger partial charge on any atom is 0.324 e. The topological polar surface area (TPSA) is 78.5 Å². The highest BCUT2D eigenvalue weighted by molar-refractivity contribution is 7.10. The highest BCUT2D eigenvalue weighted by Crippen LogP contribution is 2.35. The standard InChI is InChI=1S/C16H23N3O3S/c1-16(2,3)14(11-6-5-9-23-11)18-12(20)7-4-8-19-13(21)10-17-15(19)22/h5-6,9,14H,4,7-8,10H2,1-3H3,(H,17,22)(H,18,20). The molecule has 126 valence electrons. The molecule has 1 aromatic heterocycles. The minimum Gasteiger partial charge on any atom is -0.348 e. The van der Waals surface area contributed by atoms with Crippen LogP contribution in [0.4, 0.5) is 4.79 Å². The van der Waals surface area contributed by atoms with Crippen LogP contribution in [0.3, 0.4) is 0 Å². The van der Waals surface area contributed by atoms with Crippen LogP contribution in [0.2, 0.25) is 0 Å². The number of hydrogen-bond donors (Lipinski definition) is 2. The predicted molar refractivity (Wildman–Crippen MR) is 89.0 cm³/mol. The van der Waals surface area contributed by atoms with E-state index in [1.54, 1.807) is 11.3 Å². The normalized spacial score (nSPS) is 16.4. The Balaban J connectivity index is 1.85. The fourth-order valence-electron chi connectivity index (χ4n) is 2.48. The Morgan fingerprint density at radius 2 is 2.17 bits per heavy atom. The van der Waals surface area contributed by atoms with Crippen LogP contribution < -0.4 is 10.6 Å². The Labute approximate surface area is 140 Å². The van der Waals surface area contributed by atoms with Gasteiger partial charge in [-0.3, -0.25) is 14.5 Å². The summed E-state index contributed by atoms with van der Waals surface area (Å²) in [5.41, 5.74) is -0.0919. The maximum absolute atomic E-state index is 12.2. The van der Waals surface area contributed by atoms with Crippen LogP contribution in [0.5, 0.6) is 0 Å². The molecule has 0 aliphatic carbocycles. The number of nitrogens with zero attached hydrogens (tertiary/aromatic N) is 1. The lowest BCUT2D eigenvalue weighted by Gasteiger charge is -2.31. The van der Waals surface area contributed by atoms with Crippen molar-refractivity contribution in [1.82, 2.24) is 15.5 Å². The summed E-state index contributed by atoms with van der Waals surface area (Å²) in [5.74, 6) is -0.299. The fraction of sp³-hybridized carbons (Fsp3) is 0.562. The van der Waals surface area contributed by atoms with E-state index in [2.05, 4.69) is 31.4 Å². The molecule has 0 aromatic carbocycles. The van der Waals surface area contributed by atoms with E-state index in [0.717, 1.165) is 9.78 Å². The van der Waals surface area contributed by atoms with Gasteiger partial charge in [0.1, 0.15) is 0 Å². The van der Waals surface area contributed by atoms with Gasteiger partial charge < -0.3 is 10.6 Å². The number of rotatable bonds is 6. The van der Waals surface area contributed by atoms with Gasteiger partial charge >= 0.3 is 6.03 Å². The first-order valence-corrected chi connectivity index (χ1v) is 8.58. The second-order valence-electron chi connectivity index (χ2n) is 6.69. The van der Waals surface area contributed by atoms with Gasteiger partial charge in [-0.05, 0) is 23.3 Å². The van der Waals surface area contributed by atoms with Gasteiger partial charge in [0.15, 0.2) is 0 Å². The second-order valence-corrected chi connectivity index (χ2v) is 7.67. The van der Waals surface area contributed by atoms with Crippen LogP contribution in [0, 0.1) is 5.41 Å². The molecule has 1 aromatic rings. The molecular formula is C16H23N3O3S. The van der Waals surface area contributed by atoms with Crippen molar-refractivity contribution in [2.45, 2.75) is 39.7 Å². The third kappa shape index (κ3) is 4.54. The van der Waals surface area contributed by atoms with E-state index in [4.69, 9.17) is 0 Å². The van der Waals surface area contributed by atoms with E-state index in [9.17, 15) is 14.4 Å². The van der Waals surface area contributed by atoms with E-state index in [1.807, 2.05) is 17.5 Å². The first-order valence-electron chi connectivity index (χ1n) is 7.70. The first-order chi connectivity index (χ1) is 10.8. The summed E-state index contributed by atoms with van der Waals surface area (Å²) in [4.78, 5) is 37.4. The van der Waals surface area contributed by atoms with Gasteiger partial charge in [0.05, 0.1) is 12.6 Å². The van der Waals surface area contributed by atoms with Gasteiger partial charge in [-0.25, -0.2) is 4.79 Å². The Kier molecular flexibility index (Phi) is 5.41. The number of imide groups is 1. The quantitative estimate of drug-likeness (QED) is 0.782. The lowest BCUT2D eigenvalue weighted by Crippen LogP contribution is -2.37. The molecule has 1 unspecified atom stereocenters. The van der Waals surface area contributed by atoms with E-state index < -0.39 is 0 Å². The molecule has 1 saturated heterocycles. The van der Waals surface area contributed by atoms with Crippen LogP contribution in [0.25, 0.3) is 0 Å². The van der Waals surface area contributed by atoms with E-state index in [1.165, 1.54) is 0 Å². The third-order valence-electron chi connectivity index (χ3n) is 3.72. The molecule has 0 saturated carbocycles. The summed E-state index contributed by atoms with van der Waals surface area (Å²) in [5, 5.41) is 7.54. The van der Waals surface area contributed by atoms with Crippen molar-refractivity contribution < 1.29 is 14.4 Å². The maximum atomic E-state index is 12.2. The largest absolute Gasteiger partial charge is 0.348 e. The van der Waals surface area contributed by atoms with Crippen molar-refractivity contribution >= 4 is 29.2 Å². The molecule has 2 rings (SSSR count). The zero-order valence-electron chi connectivity index (χ0n) is 13.7. The summed E-state index contributed by atoms with van der Waals surface area (Å²) in [7, 11) is 0. The summed E-state index contributed by atoms with van der Waals surface area (Å²) in [6, 6.07) is 3.57. The van der Waals surface area contributed by atoms with Crippen molar-refractivity contribution in [3.05, 3.63) is 22.4 Å². The molecule has 1 fully saturated rings. The first kappa shape index (κ1) is 17.5. The molecule has 0 bridgehead atoms. The Morgan fingerprint density at radius 1 is 1.43 bits per heavy atom. The van der Waals surface area contributed by atoms with Crippen LogP contribution in [0.15, 0.2) is 17.5 Å². The van der Waals surface area contributed by atoms with Crippen LogP contribution in [-0.4, -0.2) is 35.8 Å². The average Bonchev–Trinajstić information content (AvgIpc) is 3.08. The zero-order chi connectivity index (χ0) is 17.0. The molecule has 0 spiro atoms. The number of hydrogen-bond acceptors (Lipinski definition) is 4. The summed E-state index contributed by atoms with van der Waals surface area (Å²) in [6.07, 6.45) is 0.751. The molecule has 7 heteroatoms. The molecule has 23 heavy (non-hydrogen) atoms. The van der Waals surface area contributed by atoms with Gasteiger partial charge in [0, 0.05) is 17.8 Å². The zero-order valence-corrected chi connectivity index (χ0v) is 14.5. The second kappa shape index (κ2) is 7.12. The van der Waals surface area contributed by atoms with Crippen LogP contribution >= 0.6 is 11.3 Å². The number of amides is 4. The molecule has 1 aliphatic heterocycles. The summed E-state index contributed by atoms with van der Waals surface area (Å²) < 4.78 is 0. The molecule has 1 atom stereocenters. The van der Waals surface area contributed by atoms with Crippen molar-refractivity contribution in [2.24, 2.45) is 5.41 Å². The fourth-order valence-corrected chi connectivity index (χ4v) is 3.50. The Morgan fingerprint density at radius 3 is 2.70 bits per heavy atom. The van der Waals surface area contributed by atoms with E-state index >= 15 is 0 Å².